The van der Waals surface area contributed by atoms with E-state index in [9.17, 15) is 9.59 Å². The number of rotatable bonds is 10. The molecular weight excluding hydrogens is 444 g/mol. The molecule has 0 bridgehead atoms. The topological polar surface area (TPSA) is 68.3 Å². The Morgan fingerprint density at radius 3 is 2.30 bits per heavy atom. The Morgan fingerprint density at radius 2 is 1.64 bits per heavy atom. The third kappa shape index (κ3) is 6.85. The van der Waals surface area contributed by atoms with E-state index in [2.05, 4.69) is 4.90 Å². The zero-order valence-electron chi connectivity index (χ0n) is 19.4. The number of carbonyl (C=O) groups excluding carboxylic acids is 2. The molecule has 7 nitrogen and oxygen atoms in total. The van der Waals surface area contributed by atoms with Gasteiger partial charge in [-0.2, -0.15) is 0 Å². The summed E-state index contributed by atoms with van der Waals surface area (Å²) in [5, 5.41) is 0.689. The van der Waals surface area contributed by atoms with Gasteiger partial charge in [0.25, 0.3) is 0 Å². The summed E-state index contributed by atoms with van der Waals surface area (Å²) in [5.74, 6) is 2.02. The fraction of sp³-hybridized carbons (Fsp3) is 0.440. The molecule has 8 heteroatoms. The van der Waals surface area contributed by atoms with Gasteiger partial charge in [-0.1, -0.05) is 11.6 Å². The molecule has 1 heterocycles. The monoisotopic (exact) mass is 474 g/mol. The summed E-state index contributed by atoms with van der Waals surface area (Å²) < 4.78 is 16.5. The molecule has 3 rings (SSSR count). The summed E-state index contributed by atoms with van der Waals surface area (Å²) >= 11 is 6.13. The van der Waals surface area contributed by atoms with E-state index in [0.717, 1.165) is 30.9 Å². The Kier molecular flexibility index (Phi) is 8.97. The summed E-state index contributed by atoms with van der Waals surface area (Å²) in [6.45, 7) is 5.65. The Morgan fingerprint density at radius 1 is 0.939 bits per heavy atom. The van der Waals surface area contributed by atoms with Gasteiger partial charge in [-0.3, -0.25) is 14.5 Å². The molecule has 0 atom stereocenters. The number of hydrogen-bond donors (Lipinski definition) is 0. The molecule has 0 N–H and O–H groups in total. The second-order valence-electron chi connectivity index (χ2n) is 7.99. The number of ether oxygens (including phenoxy) is 3. The number of piperazine rings is 1. The van der Waals surface area contributed by atoms with Crippen LogP contribution in [0.25, 0.3) is 0 Å². The summed E-state index contributed by atoms with van der Waals surface area (Å²) in [6, 6.07) is 10.7. The van der Waals surface area contributed by atoms with Crippen molar-refractivity contribution in [1.29, 1.82) is 0 Å². The molecule has 0 aliphatic carbocycles. The molecule has 0 aromatic heterocycles. The highest BCUT2D eigenvalue weighted by Crippen LogP contribution is 2.28. The van der Waals surface area contributed by atoms with E-state index in [-0.39, 0.29) is 11.7 Å². The molecular formula is C25H31ClN2O5. The molecule has 1 fully saturated rings. The van der Waals surface area contributed by atoms with Gasteiger partial charge in [-0.05, 0) is 49.7 Å². The summed E-state index contributed by atoms with van der Waals surface area (Å²) in [4.78, 5) is 28.3. The van der Waals surface area contributed by atoms with Crippen molar-refractivity contribution in [2.75, 3.05) is 47.0 Å². The van der Waals surface area contributed by atoms with Crippen molar-refractivity contribution in [3.05, 3.63) is 52.5 Å². The molecule has 0 unspecified atom stereocenters. The van der Waals surface area contributed by atoms with E-state index >= 15 is 0 Å². The predicted octanol–water partition coefficient (Wildman–Crippen LogP) is 4.06. The quantitative estimate of drug-likeness (QED) is 0.382. The molecule has 0 radical (unpaired) electrons. The zero-order valence-corrected chi connectivity index (χ0v) is 20.2. The number of halogens is 1. The van der Waals surface area contributed by atoms with Crippen LogP contribution < -0.4 is 14.2 Å². The van der Waals surface area contributed by atoms with Crippen molar-refractivity contribution in [3.8, 4) is 17.2 Å². The van der Waals surface area contributed by atoms with Crippen LogP contribution in [0.3, 0.4) is 0 Å². The van der Waals surface area contributed by atoms with E-state index in [0.29, 0.717) is 54.6 Å². The molecule has 1 saturated heterocycles. The number of carbonyl (C=O) groups is 2. The Hall–Kier alpha value is -2.77. The van der Waals surface area contributed by atoms with Crippen molar-refractivity contribution >= 4 is 23.3 Å². The Balaban J connectivity index is 1.41. The Bertz CT molecular complexity index is 973. The van der Waals surface area contributed by atoms with Gasteiger partial charge in [-0.25, -0.2) is 0 Å². The van der Waals surface area contributed by atoms with Gasteiger partial charge < -0.3 is 19.1 Å². The number of Topliss-reactive ketones (excluding diaryl/α,β-unsaturated/α-hetero) is 1. The molecule has 0 saturated carbocycles. The lowest BCUT2D eigenvalue weighted by Gasteiger charge is -2.35. The van der Waals surface area contributed by atoms with Crippen molar-refractivity contribution < 1.29 is 23.8 Å². The van der Waals surface area contributed by atoms with Gasteiger partial charge in [0.05, 0.1) is 20.8 Å². The Labute approximate surface area is 200 Å². The lowest BCUT2D eigenvalue weighted by molar-refractivity contribution is -0.133. The van der Waals surface area contributed by atoms with Gasteiger partial charge in [0.15, 0.2) is 17.3 Å². The van der Waals surface area contributed by atoms with Gasteiger partial charge in [-0.15, -0.1) is 0 Å². The first-order valence-electron chi connectivity index (χ1n) is 11.1. The average Bonchev–Trinajstić information content (AvgIpc) is 2.82. The van der Waals surface area contributed by atoms with Crippen LogP contribution in [0.5, 0.6) is 17.2 Å². The van der Waals surface area contributed by atoms with E-state index in [1.807, 2.05) is 23.1 Å². The fourth-order valence-corrected chi connectivity index (χ4v) is 4.03. The molecule has 1 aliphatic heterocycles. The molecule has 0 spiro atoms. The van der Waals surface area contributed by atoms with Crippen LogP contribution in [0.1, 0.15) is 35.7 Å². The minimum atomic E-state index is -0.0303. The second-order valence-corrected chi connectivity index (χ2v) is 8.42. The largest absolute Gasteiger partial charge is 0.496 e. The summed E-state index contributed by atoms with van der Waals surface area (Å²) in [6.07, 6.45) is 1.03. The standard InChI is InChI=1S/C25H31ClN2O5/c1-18(29)19-6-8-23(24(16-19)32-3)33-14-4-5-25(30)28-12-10-27(11-13-28)17-20-15-21(26)7-9-22(20)31-2/h6-9,15-16H,4-5,10-14,17H2,1-3H3. The lowest BCUT2D eigenvalue weighted by Crippen LogP contribution is -2.48. The van der Waals surface area contributed by atoms with E-state index < -0.39 is 0 Å². The number of nitrogens with zero attached hydrogens (tertiary/aromatic N) is 2. The maximum Gasteiger partial charge on any atom is 0.222 e. The summed E-state index contributed by atoms with van der Waals surface area (Å²) in [5.41, 5.74) is 1.62. The fourth-order valence-electron chi connectivity index (χ4n) is 3.84. The van der Waals surface area contributed by atoms with E-state index in [4.69, 9.17) is 25.8 Å². The average molecular weight is 475 g/mol. The third-order valence-corrected chi connectivity index (χ3v) is 5.96. The van der Waals surface area contributed by atoms with Crippen LogP contribution in [0.4, 0.5) is 0 Å². The maximum absolute atomic E-state index is 12.6. The molecule has 1 amide bonds. The lowest BCUT2D eigenvalue weighted by atomic mass is 10.1. The predicted molar refractivity (Wildman–Crippen MR) is 128 cm³/mol. The zero-order chi connectivity index (χ0) is 23.8. The third-order valence-electron chi connectivity index (χ3n) is 5.72. The molecule has 2 aromatic rings. The maximum atomic E-state index is 12.6. The number of amides is 1. The first-order valence-corrected chi connectivity index (χ1v) is 11.4. The van der Waals surface area contributed by atoms with Crippen molar-refractivity contribution in [1.82, 2.24) is 9.80 Å². The number of hydrogen-bond acceptors (Lipinski definition) is 6. The van der Waals surface area contributed by atoms with Crippen LogP contribution in [0, 0.1) is 0 Å². The van der Waals surface area contributed by atoms with Crippen LogP contribution >= 0.6 is 11.6 Å². The highest BCUT2D eigenvalue weighted by atomic mass is 35.5. The first-order chi connectivity index (χ1) is 15.9. The highest BCUT2D eigenvalue weighted by molar-refractivity contribution is 6.30. The van der Waals surface area contributed by atoms with E-state index in [1.165, 1.54) is 14.0 Å². The number of methoxy groups -OCH3 is 2. The minimum absolute atomic E-state index is 0.0303. The molecule has 2 aromatic carbocycles. The molecule has 178 valence electrons. The first kappa shape index (κ1) is 24.9. The van der Waals surface area contributed by atoms with Crippen LogP contribution in [-0.4, -0.2) is 68.5 Å². The number of benzene rings is 2. The van der Waals surface area contributed by atoms with Crippen molar-refractivity contribution in [3.63, 3.8) is 0 Å². The minimum Gasteiger partial charge on any atom is -0.496 e. The normalized spacial score (nSPS) is 14.1. The van der Waals surface area contributed by atoms with Crippen molar-refractivity contribution in [2.24, 2.45) is 0 Å². The van der Waals surface area contributed by atoms with Gasteiger partial charge in [0.1, 0.15) is 5.75 Å². The van der Waals surface area contributed by atoms with Gasteiger partial charge in [0.2, 0.25) is 5.91 Å². The highest BCUT2D eigenvalue weighted by Gasteiger charge is 2.22. The second kappa shape index (κ2) is 11.9. The molecule has 1 aliphatic rings. The van der Waals surface area contributed by atoms with E-state index in [1.54, 1.807) is 25.3 Å². The number of ketones is 1. The SMILES string of the molecule is COc1ccc(Cl)cc1CN1CCN(C(=O)CCCOc2ccc(C(C)=O)cc2OC)CC1. The van der Waals surface area contributed by atoms with Gasteiger partial charge in [0, 0.05) is 55.3 Å². The van der Waals surface area contributed by atoms with Gasteiger partial charge >= 0.3 is 0 Å². The summed E-state index contributed by atoms with van der Waals surface area (Å²) in [7, 11) is 3.20. The van der Waals surface area contributed by atoms with Crippen LogP contribution in [0.2, 0.25) is 5.02 Å². The van der Waals surface area contributed by atoms with Crippen LogP contribution in [-0.2, 0) is 11.3 Å². The smallest absolute Gasteiger partial charge is 0.222 e. The van der Waals surface area contributed by atoms with Crippen molar-refractivity contribution in [2.45, 2.75) is 26.3 Å². The molecule has 33 heavy (non-hydrogen) atoms. The van der Waals surface area contributed by atoms with Crippen LogP contribution in [0.15, 0.2) is 36.4 Å².